The van der Waals surface area contributed by atoms with Gasteiger partial charge in [-0.05, 0) is 53.6 Å². The Bertz CT molecular complexity index is 1530. The number of nitrogens with one attached hydrogen (secondary N) is 1. The maximum atomic E-state index is 14.5. The van der Waals surface area contributed by atoms with E-state index in [1.807, 2.05) is 66.7 Å². The monoisotopic (exact) mass is 568 g/mol. The van der Waals surface area contributed by atoms with Gasteiger partial charge in [0.05, 0.1) is 13.7 Å². The summed E-state index contributed by atoms with van der Waals surface area (Å²) in [6.45, 7) is 0.446. The molecule has 42 heavy (non-hydrogen) atoms. The number of methoxy groups -OCH3 is 1. The fourth-order valence-corrected chi connectivity index (χ4v) is 4.96. The quantitative estimate of drug-likeness (QED) is 0.223. The summed E-state index contributed by atoms with van der Waals surface area (Å²) in [5.41, 5.74) is 1.25. The third kappa shape index (κ3) is 6.44. The second-order valence-corrected chi connectivity index (χ2v) is 10.0. The van der Waals surface area contributed by atoms with Gasteiger partial charge in [-0.15, -0.1) is 0 Å². The van der Waals surface area contributed by atoms with Crippen molar-refractivity contribution >= 4 is 11.8 Å². The fraction of sp³-hybridized carbons (Fsp3) is 0.235. The molecule has 0 aliphatic carbocycles. The molecule has 216 valence electrons. The van der Waals surface area contributed by atoms with Crippen LogP contribution in [0.2, 0.25) is 0 Å². The number of amides is 1. The summed E-state index contributed by atoms with van der Waals surface area (Å²) in [5, 5.41) is 12.0. The number of aliphatic hydroxyl groups excluding tert-OH is 1. The van der Waals surface area contributed by atoms with Crippen molar-refractivity contribution in [3.05, 3.63) is 131 Å². The molecule has 1 aliphatic rings. The molecule has 1 aliphatic heterocycles. The Hall–Kier alpha value is -4.69. The Morgan fingerprint density at radius 2 is 1.74 bits per heavy atom. The molecule has 0 spiro atoms. The van der Waals surface area contributed by atoms with Crippen LogP contribution in [0.1, 0.15) is 34.8 Å². The SMILES string of the molecule is COc1cccc([C@H]2OC(c3ccc(OCCCO)cc3)=N[C@@]2(Cc2ccccc2)C(=O)NCc2ccccc2F)c1. The minimum absolute atomic E-state index is 0.00237. The van der Waals surface area contributed by atoms with Gasteiger partial charge < -0.3 is 24.6 Å². The first-order valence-corrected chi connectivity index (χ1v) is 13.8. The molecule has 0 fully saturated rings. The Labute approximate surface area is 244 Å². The number of aliphatic imine (C=N–C) groups is 1. The van der Waals surface area contributed by atoms with Gasteiger partial charge in [0.25, 0.3) is 5.91 Å². The molecule has 5 rings (SSSR count). The van der Waals surface area contributed by atoms with Gasteiger partial charge in [0.1, 0.15) is 17.3 Å². The van der Waals surface area contributed by atoms with Gasteiger partial charge in [-0.3, -0.25) is 4.79 Å². The molecule has 8 heteroatoms. The first-order chi connectivity index (χ1) is 20.5. The zero-order valence-electron chi connectivity index (χ0n) is 23.3. The Balaban J connectivity index is 1.56. The van der Waals surface area contributed by atoms with Crippen molar-refractivity contribution in [1.29, 1.82) is 0 Å². The molecule has 0 saturated carbocycles. The number of hydrogen-bond donors (Lipinski definition) is 2. The van der Waals surface area contributed by atoms with Gasteiger partial charge in [0.15, 0.2) is 11.6 Å². The number of carbonyl (C=O) groups excluding carboxylic acids is 1. The van der Waals surface area contributed by atoms with Crippen LogP contribution in [0.15, 0.2) is 108 Å². The average Bonchev–Trinajstić information content (AvgIpc) is 3.42. The Kier molecular flexibility index (Phi) is 9.14. The molecule has 7 nitrogen and oxygen atoms in total. The highest BCUT2D eigenvalue weighted by molar-refractivity contribution is 6.01. The van der Waals surface area contributed by atoms with E-state index in [0.717, 1.165) is 5.56 Å². The van der Waals surface area contributed by atoms with Crippen molar-refractivity contribution in [2.75, 3.05) is 20.3 Å². The molecule has 4 aromatic carbocycles. The van der Waals surface area contributed by atoms with E-state index >= 15 is 0 Å². The lowest BCUT2D eigenvalue weighted by molar-refractivity contribution is -0.129. The van der Waals surface area contributed by atoms with E-state index in [1.165, 1.54) is 6.07 Å². The molecule has 0 saturated heterocycles. The average molecular weight is 569 g/mol. The smallest absolute Gasteiger partial charge is 0.252 e. The highest BCUT2D eigenvalue weighted by Gasteiger charge is 2.53. The maximum Gasteiger partial charge on any atom is 0.252 e. The topological polar surface area (TPSA) is 89.4 Å². The number of ether oxygens (including phenoxy) is 3. The predicted octanol–water partition coefficient (Wildman–Crippen LogP) is 5.41. The summed E-state index contributed by atoms with van der Waals surface area (Å²) in [7, 11) is 1.58. The van der Waals surface area contributed by atoms with Gasteiger partial charge in [0.2, 0.25) is 5.90 Å². The largest absolute Gasteiger partial charge is 0.497 e. The Morgan fingerprint density at radius 1 is 0.976 bits per heavy atom. The highest BCUT2D eigenvalue weighted by atomic mass is 19.1. The summed E-state index contributed by atoms with van der Waals surface area (Å²) < 4.78 is 32.2. The minimum Gasteiger partial charge on any atom is -0.497 e. The maximum absolute atomic E-state index is 14.5. The van der Waals surface area contributed by atoms with E-state index in [4.69, 9.17) is 24.3 Å². The standard InChI is InChI=1S/C34H33FN2O5/c1-40-29-13-7-12-26(21-29)31-34(22-24-9-3-2-4-10-24,33(39)36-23-27-11-5-6-14-30(27)35)37-32(42-31)25-15-17-28(18-16-25)41-20-8-19-38/h2-7,9-18,21,31,38H,8,19-20,22-23H2,1H3,(H,36,39)/t31-,34-/m1/s1. The molecule has 0 radical (unpaired) electrons. The number of nitrogens with zero attached hydrogens (tertiary/aromatic N) is 1. The van der Waals surface area contributed by atoms with E-state index in [9.17, 15) is 9.18 Å². The molecule has 0 bridgehead atoms. The van der Waals surface area contributed by atoms with E-state index in [-0.39, 0.29) is 25.5 Å². The van der Waals surface area contributed by atoms with Crippen LogP contribution in [0.5, 0.6) is 11.5 Å². The van der Waals surface area contributed by atoms with E-state index in [0.29, 0.717) is 47.1 Å². The molecular weight excluding hydrogens is 535 g/mol. The van der Waals surface area contributed by atoms with Crippen LogP contribution < -0.4 is 14.8 Å². The normalized spacial score (nSPS) is 17.7. The van der Waals surface area contributed by atoms with E-state index in [2.05, 4.69) is 5.32 Å². The fourth-order valence-electron chi connectivity index (χ4n) is 4.96. The third-order valence-electron chi connectivity index (χ3n) is 7.14. The summed E-state index contributed by atoms with van der Waals surface area (Å²) in [5.74, 6) is 0.790. The zero-order chi connectivity index (χ0) is 29.4. The first-order valence-electron chi connectivity index (χ1n) is 13.8. The number of aliphatic hydroxyl groups is 1. The summed E-state index contributed by atoms with van der Waals surface area (Å²) in [4.78, 5) is 19.3. The molecular formula is C34H33FN2O5. The van der Waals surface area contributed by atoms with Crippen LogP contribution in [0.25, 0.3) is 0 Å². The summed E-state index contributed by atoms with van der Waals surface area (Å²) in [6.07, 6.45) is -0.0297. The van der Waals surface area contributed by atoms with Crippen molar-refractivity contribution < 1.29 is 28.5 Å². The Morgan fingerprint density at radius 3 is 2.48 bits per heavy atom. The van der Waals surface area contributed by atoms with Crippen molar-refractivity contribution in [3.8, 4) is 11.5 Å². The third-order valence-corrected chi connectivity index (χ3v) is 7.14. The zero-order valence-corrected chi connectivity index (χ0v) is 23.3. The van der Waals surface area contributed by atoms with Crippen LogP contribution >= 0.6 is 0 Å². The van der Waals surface area contributed by atoms with Gasteiger partial charge >= 0.3 is 0 Å². The van der Waals surface area contributed by atoms with Gasteiger partial charge in [0, 0.05) is 37.1 Å². The molecule has 1 heterocycles. The molecule has 2 atom stereocenters. The predicted molar refractivity (Wildman–Crippen MR) is 158 cm³/mol. The van der Waals surface area contributed by atoms with Crippen LogP contribution in [-0.2, 0) is 22.5 Å². The summed E-state index contributed by atoms with van der Waals surface area (Å²) >= 11 is 0. The number of benzene rings is 4. The van der Waals surface area contributed by atoms with Crippen molar-refractivity contribution in [1.82, 2.24) is 5.32 Å². The second-order valence-electron chi connectivity index (χ2n) is 10.0. The highest BCUT2D eigenvalue weighted by Crippen LogP contribution is 2.43. The second kappa shape index (κ2) is 13.3. The summed E-state index contributed by atoms with van der Waals surface area (Å²) in [6, 6.07) is 30.6. The van der Waals surface area contributed by atoms with Crippen LogP contribution in [0.4, 0.5) is 4.39 Å². The van der Waals surface area contributed by atoms with E-state index < -0.39 is 17.5 Å². The van der Waals surface area contributed by atoms with Gasteiger partial charge in [-0.1, -0.05) is 60.7 Å². The van der Waals surface area contributed by atoms with Crippen molar-refractivity contribution in [3.63, 3.8) is 0 Å². The number of hydrogen-bond acceptors (Lipinski definition) is 6. The first kappa shape index (κ1) is 28.8. The minimum atomic E-state index is -1.41. The van der Waals surface area contributed by atoms with Gasteiger partial charge in [-0.25, -0.2) is 9.38 Å². The number of carbonyl (C=O) groups is 1. The van der Waals surface area contributed by atoms with Crippen LogP contribution in [0, 0.1) is 5.82 Å². The molecule has 0 unspecified atom stereocenters. The van der Waals surface area contributed by atoms with Crippen LogP contribution in [0.3, 0.4) is 0 Å². The number of halogens is 1. The van der Waals surface area contributed by atoms with Crippen molar-refractivity contribution in [2.24, 2.45) is 4.99 Å². The molecule has 1 amide bonds. The lowest BCUT2D eigenvalue weighted by Crippen LogP contribution is -2.49. The molecule has 0 aromatic heterocycles. The lowest BCUT2D eigenvalue weighted by atomic mass is 9.82. The molecule has 2 N–H and O–H groups in total. The lowest BCUT2D eigenvalue weighted by Gasteiger charge is -2.31. The van der Waals surface area contributed by atoms with Crippen molar-refractivity contribution in [2.45, 2.75) is 31.0 Å². The van der Waals surface area contributed by atoms with Crippen LogP contribution in [-0.4, -0.2) is 42.8 Å². The number of rotatable bonds is 12. The molecule has 4 aromatic rings. The van der Waals surface area contributed by atoms with Gasteiger partial charge in [-0.2, -0.15) is 0 Å². The van der Waals surface area contributed by atoms with E-state index in [1.54, 1.807) is 37.4 Å².